The first-order chi connectivity index (χ1) is 8.01. The van der Waals surface area contributed by atoms with Crippen molar-refractivity contribution in [3.05, 3.63) is 23.3 Å². The molecular weight excluding hydrogens is 232 g/mol. The van der Waals surface area contributed by atoms with Crippen LogP contribution in [0.1, 0.15) is 20.8 Å². The van der Waals surface area contributed by atoms with Crippen molar-refractivity contribution in [1.82, 2.24) is 4.90 Å². The van der Waals surface area contributed by atoms with Crippen LogP contribution in [0.25, 0.3) is 0 Å². The van der Waals surface area contributed by atoms with Crippen LogP contribution in [0.3, 0.4) is 0 Å². The minimum atomic E-state index is 0.0777. The summed E-state index contributed by atoms with van der Waals surface area (Å²) >= 11 is 1.59. The van der Waals surface area contributed by atoms with E-state index >= 15 is 0 Å². The molecule has 1 heterocycles. The second-order valence-electron chi connectivity index (χ2n) is 4.85. The van der Waals surface area contributed by atoms with Gasteiger partial charge < -0.3 is 9.64 Å². The van der Waals surface area contributed by atoms with Gasteiger partial charge in [-0.2, -0.15) is 5.26 Å². The summed E-state index contributed by atoms with van der Waals surface area (Å²) in [4.78, 5) is 2.96. The number of nitriles is 1. The maximum Gasteiger partial charge on any atom is 0.106 e. The lowest BCUT2D eigenvalue weighted by molar-refractivity contribution is 0.0594. The van der Waals surface area contributed by atoms with Crippen molar-refractivity contribution >= 4 is 11.8 Å². The molecule has 1 aliphatic heterocycles. The molecule has 0 amide bonds. The van der Waals surface area contributed by atoms with E-state index in [4.69, 9.17) is 10.00 Å². The molecule has 94 valence electrons. The molecule has 0 unspecified atom stereocenters. The Labute approximate surface area is 108 Å². The van der Waals surface area contributed by atoms with Crippen molar-refractivity contribution in [1.29, 1.82) is 5.26 Å². The SMILES string of the molecule is CC(C)(C)SC(C#N)=CC=CN1CCOCC1. The van der Waals surface area contributed by atoms with Gasteiger partial charge in [0.25, 0.3) is 0 Å². The summed E-state index contributed by atoms with van der Waals surface area (Å²) in [5.41, 5.74) is 0. The van der Waals surface area contributed by atoms with Crippen LogP contribution in [-0.2, 0) is 4.74 Å². The van der Waals surface area contributed by atoms with Crippen LogP contribution in [0.5, 0.6) is 0 Å². The Bertz CT molecular complexity index is 330. The highest BCUT2D eigenvalue weighted by molar-refractivity contribution is 8.04. The Morgan fingerprint density at radius 2 is 2.00 bits per heavy atom. The van der Waals surface area contributed by atoms with E-state index in [9.17, 15) is 0 Å². The highest BCUT2D eigenvalue weighted by Crippen LogP contribution is 2.30. The molecule has 17 heavy (non-hydrogen) atoms. The number of allylic oxidation sites excluding steroid dienone is 3. The molecule has 0 N–H and O–H groups in total. The second-order valence-corrected chi connectivity index (χ2v) is 6.72. The zero-order chi connectivity index (χ0) is 12.7. The van der Waals surface area contributed by atoms with Crippen LogP contribution in [0, 0.1) is 11.3 Å². The molecule has 0 spiro atoms. The summed E-state index contributed by atoms with van der Waals surface area (Å²) in [6.45, 7) is 9.75. The van der Waals surface area contributed by atoms with Gasteiger partial charge in [0.05, 0.1) is 18.1 Å². The van der Waals surface area contributed by atoms with Crippen LogP contribution in [-0.4, -0.2) is 36.0 Å². The lowest BCUT2D eigenvalue weighted by atomic mass is 10.3. The number of nitrogens with zero attached hydrogens (tertiary/aromatic N) is 2. The molecule has 1 aliphatic rings. The molecule has 4 heteroatoms. The predicted octanol–water partition coefficient (Wildman–Crippen LogP) is 2.77. The van der Waals surface area contributed by atoms with E-state index in [0.717, 1.165) is 31.2 Å². The average molecular weight is 252 g/mol. The van der Waals surface area contributed by atoms with Gasteiger partial charge >= 0.3 is 0 Å². The standard InChI is InChI=1S/C13H20N2OS/c1-13(2,3)17-12(11-14)5-4-6-15-7-9-16-10-8-15/h4-6H,7-10H2,1-3H3. The van der Waals surface area contributed by atoms with Gasteiger partial charge in [0.15, 0.2) is 0 Å². The fraction of sp³-hybridized carbons (Fsp3) is 0.615. The summed E-state index contributed by atoms with van der Waals surface area (Å²) in [6, 6.07) is 2.23. The van der Waals surface area contributed by atoms with Crippen molar-refractivity contribution in [2.24, 2.45) is 0 Å². The Kier molecular flexibility index (Phi) is 5.60. The second kappa shape index (κ2) is 6.73. The van der Waals surface area contributed by atoms with Crippen molar-refractivity contribution in [3.63, 3.8) is 0 Å². The van der Waals surface area contributed by atoms with Crippen molar-refractivity contribution < 1.29 is 4.74 Å². The number of thioether (sulfide) groups is 1. The fourth-order valence-corrected chi connectivity index (χ4v) is 2.25. The third-order valence-electron chi connectivity index (χ3n) is 2.12. The van der Waals surface area contributed by atoms with Gasteiger partial charge in [0, 0.05) is 17.8 Å². The number of morpholine rings is 1. The molecule has 0 radical (unpaired) electrons. The Hall–Kier alpha value is -0.920. The molecule has 0 aromatic rings. The molecule has 0 aromatic heterocycles. The maximum absolute atomic E-state index is 9.02. The zero-order valence-corrected chi connectivity index (χ0v) is 11.6. The topological polar surface area (TPSA) is 36.3 Å². The molecule has 0 saturated carbocycles. The first kappa shape index (κ1) is 14.1. The first-order valence-corrected chi connectivity index (χ1v) is 6.62. The summed E-state index contributed by atoms with van der Waals surface area (Å²) in [7, 11) is 0. The largest absolute Gasteiger partial charge is 0.378 e. The zero-order valence-electron chi connectivity index (χ0n) is 10.8. The van der Waals surface area contributed by atoms with E-state index < -0.39 is 0 Å². The monoisotopic (exact) mass is 252 g/mol. The van der Waals surface area contributed by atoms with E-state index in [-0.39, 0.29) is 4.75 Å². The molecule has 0 aromatic carbocycles. The highest BCUT2D eigenvalue weighted by Gasteiger charge is 2.13. The first-order valence-electron chi connectivity index (χ1n) is 5.81. The summed E-state index contributed by atoms with van der Waals surface area (Å²) in [5, 5.41) is 9.02. The molecular formula is C13H20N2OS. The molecule has 1 rings (SSSR count). The Balaban J connectivity index is 2.49. The van der Waals surface area contributed by atoms with Crippen LogP contribution >= 0.6 is 11.8 Å². The summed E-state index contributed by atoms with van der Waals surface area (Å²) in [5.74, 6) is 0. The Morgan fingerprint density at radius 3 is 2.53 bits per heavy atom. The normalized spacial score (nSPS) is 18.5. The van der Waals surface area contributed by atoms with E-state index in [1.165, 1.54) is 0 Å². The quantitative estimate of drug-likeness (QED) is 0.571. The summed E-state index contributed by atoms with van der Waals surface area (Å²) < 4.78 is 5.34. The molecule has 0 bridgehead atoms. The van der Waals surface area contributed by atoms with Crippen LogP contribution < -0.4 is 0 Å². The van der Waals surface area contributed by atoms with Gasteiger partial charge in [-0.15, -0.1) is 11.8 Å². The smallest absolute Gasteiger partial charge is 0.106 e. The van der Waals surface area contributed by atoms with Crippen LogP contribution in [0.2, 0.25) is 0 Å². The van der Waals surface area contributed by atoms with Crippen molar-refractivity contribution in [2.45, 2.75) is 25.5 Å². The lowest BCUT2D eigenvalue weighted by Crippen LogP contribution is -2.31. The number of hydrogen-bond donors (Lipinski definition) is 0. The van der Waals surface area contributed by atoms with E-state index in [0.29, 0.717) is 0 Å². The number of ether oxygens (including phenoxy) is 1. The highest BCUT2D eigenvalue weighted by atomic mass is 32.2. The Morgan fingerprint density at radius 1 is 1.35 bits per heavy atom. The van der Waals surface area contributed by atoms with E-state index in [2.05, 4.69) is 31.7 Å². The van der Waals surface area contributed by atoms with Crippen LogP contribution in [0.15, 0.2) is 23.3 Å². The van der Waals surface area contributed by atoms with Crippen LogP contribution in [0.4, 0.5) is 0 Å². The third kappa shape index (κ3) is 6.40. The number of rotatable bonds is 3. The van der Waals surface area contributed by atoms with Gasteiger partial charge in [0.1, 0.15) is 6.07 Å². The van der Waals surface area contributed by atoms with Gasteiger partial charge in [-0.25, -0.2) is 0 Å². The maximum atomic E-state index is 9.02. The minimum Gasteiger partial charge on any atom is -0.378 e. The predicted molar refractivity (Wildman–Crippen MR) is 72.6 cm³/mol. The number of hydrogen-bond acceptors (Lipinski definition) is 4. The summed E-state index contributed by atoms with van der Waals surface area (Å²) in [6.07, 6.45) is 5.86. The van der Waals surface area contributed by atoms with Crippen molar-refractivity contribution in [2.75, 3.05) is 26.3 Å². The molecule has 0 atom stereocenters. The van der Waals surface area contributed by atoms with Gasteiger partial charge in [-0.3, -0.25) is 0 Å². The molecule has 0 aliphatic carbocycles. The van der Waals surface area contributed by atoms with Gasteiger partial charge in [-0.1, -0.05) is 20.8 Å². The molecule has 1 fully saturated rings. The van der Waals surface area contributed by atoms with E-state index in [1.54, 1.807) is 11.8 Å². The van der Waals surface area contributed by atoms with Crippen molar-refractivity contribution in [3.8, 4) is 6.07 Å². The van der Waals surface area contributed by atoms with Gasteiger partial charge in [-0.05, 0) is 18.4 Å². The van der Waals surface area contributed by atoms with Gasteiger partial charge in [0.2, 0.25) is 0 Å². The minimum absolute atomic E-state index is 0.0777. The lowest BCUT2D eigenvalue weighted by Gasteiger charge is -2.24. The van der Waals surface area contributed by atoms with E-state index in [1.807, 2.05) is 18.4 Å². The fourth-order valence-electron chi connectivity index (χ4n) is 1.40. The molecule has 3 nitrogen and oxygen atoms in total. The molecule has 1 saturated heterocycles. The third-order valence-corrected chi connectivity index (χ3v) is 3.18. The average Bonchev–Trinajstić information content (AvgIpc) is 2.27.